The third kappa shape index (κ3) is 3.12. The third-order valence-electron chi connectivity index (χ3n) is 3.15. The fraction of sp³-hybridized carbons (Fsp3) is 0.294. The Hall–Kier alpha value is -1.78. The van der Waals surface area contributed by atoms with Gasteiger partial charge in [-0.05, 0) is 24.1 Å². The molecule has 0 aliphatic heterocycles. The van der Waals surface area contributed by atoms with E-state index in [1.54, 1.807) is 0 Å². The lowest BCUT2D eigenvalue weighted by Gasteiger charge is -2.28. The molecule has 0 aromatic heterocycles. The SMILES string of the molecule is CC(C)(CC1=CC=C1)C(O)C#Cc1ccccc1. The molecule has 0 heterocycles. The second kappa shape index (κ2) is 5.25. The fourth-order valence-electron chi connectivity index (χ4n) is 1.84. The van der Waals surface area contributed by atoms with Crippen molar-refractivity contribution in [2.45, 2.75) is 26.4 Å². The van der Waals surface area contributed by atoms with Gasteiger partial charge < -0.3 is 5.11 Å². The monoisotopic (exact) mass is 238 g/mol. The topological polar surface area (TPSA) is 20.2 Å². The highest BCUT2D eigenvalue weighted by Gasteiger charge is 2.27. The van der Waals surface area contributed by atoms with Crippen molar-refractivity contribution in [1.82, 2.24) is 0 Å². The van der Waals surface area contributed by atoms with E-state index in [2.05, 4.69) is 24.0 Å². The Morgan fingerprint density at radius 3 is 2.44 bits per heavy atom. The minimum absolute atomic E-state index is 0.224. The minimum Gasteiger partial charge on any atom is -0.380 e. The highest BCUT2D eigenvalue weighted by molar-refractivity contribution is 5.37. The van der Waals surface area contributed by atoms with Gasteiger partial charge in [0, 0.05) is 11.0 Å². The van der Waals surface area contributed by atoms with Gasteiger partial charge in [-0.25, -0.2) is 0 Å². The lowest BCUT2D eigenvalue weighted by atomic mass is 9.79. The van der Waals surface area contributed by atoms with E-state index < -0.39 is 6.10 Å². The molecule has 0 saturated carbocycles. The van der Waals surface area contributed by atoms with Gasteiger partial charge in [0.2, 0.25) is 0 Å². The van der Waals surface area contributed by atoms with E-state index in [0.717, 1.165) is 12.0 Å². The van der Waals surface area contributed by atoms with Crippen LogP contribution in [0.5, 0.6) is 0 Å². The van der Waals surface area contributed by atoms with Crippen LogP contribution in [0.1, 0.15) is 25.8 Å². The second-order valence-corrected chi connectivity index (χ2v) is 5.30. The number of rotatable bonds is 3. The van der Waals surface area contributed by atoms with Gasteiger partial charge in [0.1, 0.15) is 6.10 Å². The zero-order chi connectivity index (χ0) is 13.0. The first kappa shape index (κ1) is 12.7. The van der Waals surface area contributed by atoms with Gasteiger partial charge in [0.15, 0.2) is 0 Å². The van der Waals surface area contributed by atoms with E-state index in [1.807, 2.05) is 50.3 Å². The summed E-state index contributed by atoms with van der Waals surface area (Å²) in [5.41, 5.74) is 1.99. The third-order valence-corrected chi connectivity index (χ3v) is 3.15. The van der Waals surface area contributed by atoms with Crippen LogP contribution >= 0.6 is 0 Å². The van der Waals surface area contributed by atoms with Crippen molar-refractivity contribution in [3.05, 3.63) is 59.7 Å². The Bertz CT molecular complexity index is 524. The molecule has 0 amide bonds. The Balaban J connectivity index is 2.02. The van der Waals surface area contributed by atoms with Crippen LogP contribution in [0.25, 0.3) is 0 Å². The summed E-state index contributed by atoms with van der Waals surface area (Å²) in [6.07, 6.45) is 6.42. The van der Waals surface area contributed by atoms with E-state index in [4.69, 9.17) is 0 Å². The largest absolute Gasteiger partial charge is 0.380 e. The molecule has 2 rings (SSSR count). The van der Waals surface area contributed by atoms with Crippen LogP contribution in [0.2, 0.25) is 0 Å². The number of hydrogen-bond donors (Lipinski definition) is 1. The van der Waals surface area contributed by atoms with E-state index in [9.17, 15) is 5.11 Å². The molecule has 1 aromatic rings. The molecular formula is C17H18O. The van der Waals surface area contributed by atoms with Crippen molar-refractivity contribution >= 4 is 0 Å². The first-order valence-electron chi connectivity index (χ1n) is 6.20. The molecule has 1 unspecified atom stereocenters. The Labute approximate surface area is 109 Å². The maximum Gasteiger partial charge on any atom is 0.120 e. The number of aliphatic hydroxyl groups excluding tert-OH is 1. The van der Waals surface area contributed by atoms with Gasteiger partial charge in [0.25, 0.3) is 0 Å². The van der Waals surface area contributed by atoms with Crippen molar-refractivity contribution in [3.8, 4) is 11.8 Å². The number of aliphatic hydroxyl groups is 1. The highest BCUT2D eigenvalue weighted by Crippen LogP contribution is 2.31. The van der Waals surface area contributed by atoms with Crippen LogP contribution < -0.4 is 0 Å². The molecule has 1 aliphatic rings. The van der Waals surface area contributed by atoms with Crippen LogP contribution in [0.4, 0.5) is 0 Å². The molecule has 1 aliphatic carbocycles. The molecule has 1 heteroatoms. The van der Waals surface area contributed by atoms with Crippen molar-refractivity contribution in [2.24, 2.45) is 5.41 Å². The van der Waals surface area contributed by atoms with Gasteiger partial charge in [-0.15, -0.1) is 0 Å². The minimum atomic E-state index is -0.618. The summed E-state index contributed by atoms with van der Waals surface area (Å²) in [6, 6.07) is 9.76. The zero-order valence-corrected chi connectivity index (χ0v) is 10.9. The molecule has 0 fully saturated rings. The van der Waals surface area contributed by atoms with Gasteiger partial charge in [-0.1, -0.05) is 62.1 Å². The number of allylic oxidation sites excluding steroid dienone is 4. The number of benzene rings is 1. The molecule has 1 atom stereocenters. The predicted molar refractivity (Wildman–Crippen MR) is 74.9 cm³/mol. The average Bonchev–Trinajstić information content (AvgIpc) is 2.32. The Morgan fingerprint density at radius 1 is 1.22 bits per heavy atom. The molecule has 0 spiro atoms. The molecular weight excluding hydrogens is 220 g/mol. The first-order chi connectivity index (χ1) is 8.58. The molecule has 1 nitrogen and oxygen atoms in total. The molecule has 1 aromatic carbocycles. The van der Waals surface area contributed by atoms with E-state index >= 15 is 0 Å². The van der Waals surface area contributed by atoms with E-state index in [-0.39, 0.29) is 5.41 Å². The maximum absolute atomic E-state index is 10.2. The standard InChI is InChI=1S/C17H18O/c1-17(2,13-15-9-6-10-15)16(18)12-11-14-7-4-3-5-8-14/h3-10,16,18H,13H2,1-2H3. The zero-order valence-electron chi connectivity index (χ0n) is 10.9. The summed E-state index contributed by atoms with van der Waals surface area (Å²) in [6.45, 7) is 4.09. The highest BCUT2D eigenvalue weighted by atomic mass is 16.3. The van der Waals surface area contributed by atoms with Crippen LogP contribution in [-0.4, -0.2) is 11.2 Å². The van der Waals surface area contributed by atoms with Gasteiger partial charge in [0.05, 0.1) is 0 Å². The summed E-state index contributed by atoms with van der Waals surface area (Å²) in [4.78, 5) is 0. The van der Waals surface area contributed by atoms with Gasteiger partial charge in [-0.3, -0.25) is 0 Å². The van der Waals surface area contributed by atoms with Gasteiger partial charge in [-0.2, -0.15) is 0 Å². The Kier molecular flexibility index (Phi) is 3.69. The normalized spacial score (nSPS) is 15.2. The van der Waals surface area contributed by atoms with Gasteiger partial charge >= 0.3 is 0 Å². The summed E-state index contributed by atoms with van der Waals surface area (Å²) in [5.74, 6) is 5.97. The average molecular weight is 238 g/mol. The van der Waals surface area contributed by atoms with Crippen molar-refractivity contribution in [1.29, 1.82) is 0 Å². The molecule has 0 bridgehead atoms. The fourth-order valence-corrected chi connectivity index (χ4v) is 1.84. The predicted octanol–water partition coefficient (Wildman–Crippen LogP) is 3.31. The number of hydrogen-bond acceptors (Lipinski definition) is 1. The lowest BCUT2D eigenvalue weighted by Crippen LogP contribution is -2.28. The summed E-state index contributed by atoms with van der Waals surface area (Å²) in [5, 5.41) is 10.2. The quantitative estimate of drug-likeness (QED) is 0.801. The van der Waals surface area contributed by atoms with Crippen molar-refractivity contribution in [2.75, 3.05) is 0 Å². The molecule has 18 heavy (non-hydrogen) atoms. The van der Waals surface area contributed by atoms with E-state index in [0.29, 0.717) is 0 Å². The maximum atomic E-state index is 10.2. The summed E-state index contributed by atoms with van der Waals surface area (Å²) in [7, 11) is 0. The smallest absolute Gasteiger partial charge is 0.120 e. The molecule has 1 N–H and O–H groups in total. The lowest BCUT2D eigenvalue weighted by molar-refractivity contribution is 0.0994. The molecule has 0 radical (unpaired) electrons. The Morgan fingerprint density at radius 2 is 1.89 bits per heavy atom. The van der Waals surface area contributed by atoms with Crippen LogP contribution in [-0.2, 0) is 0 Å². The van der Waals surface area contributed by atoms with Crippen LogP contribution in [0.3, 0.4) is 0 Å². The summed E-state index contributed by atoms with van der Waals surface area (Å²) >= 11 is 0. The van der Waals surface area contributed by atoms with Crippen LogP contribution in [0, 0.1) is 17.3 Å². The molecule has 92 valence electrons. The molecule has 0 saturated heterocycles. The first-order valence-corrected chi connectivity index (χ1v) is 6.20. The van der Waals surface area contributed by atoms with Crippen molar-refractivity contribution < 1.29 is 5.11 Å². The van der Waals surface area contributed by atoms with Crippen molar-refractivity contribution in [3.63, 3.8) is 0 Å². The summed E-state index contributed by atoms with van der Waals surface area (Å²) < 4.78 is 0. The van der Waals surface area contributed by atoms with Crippen LogP contribution in [0.15, 0.2) is 54.1 Å². The van der Waals surface area contributed by atoms with E-state index in [1.165, 1.54) is 5.57 Å². The second-order valence-electron chi connectivity index (χ2n) is 5.30.